The van der Waals surface area contributed by atoms with Gasteiger partial charge in [-0.15, -0.1) is 0 Å². The molecule has 3 N–H and O–H groups in total. The van der Waals surface area contributed by atoms with E-state index in [0.717, 1.165) is 0 Å². The summed E-state index contributed by atoms with van der Waals surface area (Å²) in [7, 11) is 4.49. The Morgan fingerprint density at radius 2 is 1.50 bits per heavy atom. The molecule has 1 aromatic carbocycles. The highest BCUT2D eigenvalue weighted by atomic mass is 16.5. The van der Waals surface area contributed by atoms with Crippen LogP contribution in [-0.2, 0) is 4.79 Å². The van der Waals surface area contributed by atoms with E-state index in [9.17, 15) is 9.59 Å². The molecule has 3 amide bonds. The zero-order valence-corrected chi connectivity index (χ0v) is 13.1. The second-order valence-corrected chi connectivity index (χ2v) is 4.28. The summed E-state index contributed by atoms with van der Waals surface area (Å²) < 4.78 is 15.6. The van der Waals surface area contributed by atoms with Crippen LogP contribution in [0.4, 0.5) is 10.5 Å². The summed E-state index contributed by atoms with van der Waals surface area (Å²) >= 11 is 0. The van der Waals surface area contributed by atoms with Gasteiger partial charge in [-0.05, 0) is 0 Å². The Morgan fingerprint density at radius 3 is 1.95 bits per heavy atom. The molecule has 1 rings (SSSR count). The van der Waals surface area contributed by atoms with Crippen LogP contribution >= 0.6 is 0 Å². The molecule has 8 heteroatoms. The van der Waals surface area contributed by atoms with Crippen LogP contribution in [0.5, 0.6) is 17.2 Å². The molecule has 0 aromatic heterocycles. The van der Waals surface area contributed by atoms with E-state index in [1.807, 2.05) is 0 Å². The van der Waals surface area contributed by atoms with Crippen molar-refractivity contribution >= 4 is 17.6 Å². The molecule has 0 aliphatic heterocycles. The molecule has 22 heavy (non-hydrogen) atoms. The highest BCUT2D eigenvalue weighted by Crippen LogP contribution is 2.39. The largest absolute Gasteiger partial charge is 0.493 e. The first-order valence-corrected chi connectivity index (χ1v) is 6.61. The van der Waals surface area contributed by atoms with E-state index >= 15 is 0 Å². The minimum absolute atomic E-state index is 0.146. The molecule has 0 bridgehead atoms. The number of nitrogens with one attached hydrogen (secondary N) is 3. The summed E-state index contributed by atoms with van der Waals surface area (Å²) in [5.74, 6) is 1.18. The van der Waals surface area contributed by atoms with Crippen molar-refractivity contribution in [1.82, 2.24) is 10.6 Å². The van der Waals surface area contributed by atoms with Crippen molar-refractivity contribution in [3.63, 3.8) is 0 Å². The summed E-state index contributed by atoms with van der Waals surface area (Å²) in [5, 5.41) is 7.84. The number of rotatable bonds is 7. The molecule has 0 fully saturated rings. The van der Waals surface area contributed by atoms with Crippen LogP contribution in [0.15, 0.2) is 12.1 Å². The van der Waals surface area contributed by atoms with Crippen molar-refractivity contribution in [1.29, 1.82) is 0 Å². The number of methoxy groups -OCH3 is 3. The van der Waals surface area contributed by atoms with Gasteiger partial charge in [-0.3, -0.25) is 4.79 Å². The zero-order valence-electron chi connectivity index (χ0n) is 13.1. The Kier molecular flexibility index (Phi) is 6.81. The first-order valence-electron chi connectivity index (χ1n) is 6.61. The first kappa shape index (κ1) is 17.4. The number of amides is 3. The van der Waals surface area contributed by atoms with Crippen LogP contribution in [0.25, 0.3) is 0 Å². The minimum atomic E-state index is -0.403. The number of ether oxygens (including phenoxy) is 3. The molecule has 0 atom stereocenters. The fourth-order valence-corrected chi connectivity index (χ4v) is 1.74. The van der Waals surface area contributed by atoms with Crippen LogP contribution in [0.3, 0.4) is 0 Å². The maximum atomic E-state index is 11.8. The van der Waals surface area contributed by atoms with Crippen LogP contribution < -0.4 is 30.2 Å². The van der Waals surface area contributed by atoms with Crippen LogP contribution in [-0.4, -0.2) is 46.4 Å². The van der Waals surface area contributed by atoms with E-state index < -0.39 is 6.03 Å². The SMILES string of the molecule is COc1cc(NC(=O)NCCNC(C)=O)cc(OC)c1OC. The molecule has 1 aromatic rings. The van der Waals surface area contributed by atoms with Crippen molar-refractivity contribution in [2.75, 3.05) is 39.7 Å². The van der Waals surface area contributed by atoms with Gasteiger partial charge in [0.15, 0.2) is 11.5 Å². The topological polar surface area (TPSA) is 97.9 Å². The van der Waals surface area contributed by atoms with Gasteiger partial charge >= 0.3 is 6.03 Å². The summed E-state index contributed by atoms with van der Waals surface area (Å²) in [6.07, 6.45) is 0. The summed E-state index contributed by atoms with van der Waals surface area (Å²) in [6.45, 7) is 2.09. The van der Waals surface area contributed by atoms with Crippen LogP contribution in [0.1, 0.15) is 6.92 Å². The third-order valence-corrected chi connectivity index (χ3v) is 2.71. The maximum Gasteiger partial charge on any atom is 0.319 e. The molecule has 0 saturated carbocycles. The standard InChI is InChI=1S/C14H21N3O5/c1-9(18)15-5-6-16-14(19)17-10-7-11(20-2)13(22-4)12(8-10)21-3/h7-8H,5-6H2,1-4H3,(H,15,18)(H2,16,17,19). The summed E-state index contributed by atoms with van der Waals surface area (Å²) in [6, 6.07) is 2.84. The average Bonchev–Trinajstić information content (AvgIpc) is 2.50. The lowest BCUT2D eigenvalue weighted by Gasteiger charge is -2.15. The van der Waals surface area contributed by atoms with Crippen molar-refractivity contribution in [3.8, 4) is 17.2 Å². The number of carbonyl (C=O) groups excluding carboxylic acids is 2. The zero-order chi connectivity index (χ0) is 16.5. The van der Waals surface area contributed by atoms with Crippen molar-refractivity contribution < 1.29 is 23.8 Å². The van der Waals surface area contributed by atoms with Gasteiger partial charge < -0.3 is 30.2 Å². The van der Waals surface area contributed by atoms with Gasteiger partial charge in [-0.25, -0.2) is 4.79 Å². The quantitative estimate of drug-likeness (QED) is 0.652. The predicted molar refractivity (Wildman–Crippen MR) is 81.8 cm³/mol. The van der Waals surface area contributed by atoms with Gasteiger partial charge in [0.2, 0.25) is 11.7 Å². The molecule has 0 heterocycles. The van der Waals surface area contributed by atoms with Crippen LogP contribution in [0.2, 0.25) is 0 Å². The highest BCUT2D eigenvalue weighted by Gasteiger charge is 2.14. The van der Waals surface area contributed by atoms with Crippen LogP contribution in [0, 0.1) is 0 Å². The fraction of sp³-hybridized carbons (Fsp3) is 0.429. The lowest BCUT2D eigenvalue weighted by Crippen LogP contribution is -2.36. The van der Waals surface area contributed by atoms with E-state index in [4.69, 9.17) is 14.2 Å². The smallest absolute Gasteiger partial charge is 0.319 e. The third kappa shape index (κ3) is 5.04. The van der Waals surface area contributed by atoms with Gasteiger partial charge in [0, 0.05) is 32.1 Å². The number of carbonyl (C=O) groups is 2. The Labute approximate surface area is 129 Å². The molecule has 122 valence electrons. The van der Waals surface area contributed by atoms with Gasteiger partial charge in [0.1, 0.15) is 0 Å². The van der Waals surface area contributed by atoms with E-state index in [2.05, 4.69) is 16.0 Å². The van der Waals surface area contributed by atoms with Gasteiger partial charge in [-0.1, -0.05) is 0 Å². The Morgan fingerprint density at radius 1 is 0.955 bits per heavy atom. The fourth-order valence-electron chi connectivity index (χ4n) is 1.74. The predicted octanol–water partition coefficient (Wildman–Crippen LogP) is 0.970. The number of hydrogen-bond acceptors (Lipinski definition) is 5. The molecular formula is C14H21N3O5. The van der Waals surface area contributed by atoms with Crippen molar-refractivity contribution in [2.24, 2.45) is 0 Å². The molecule has 0 aliphatic rings. The monoisotopic (exact) mass is 311 g/mol. The molecule has 0 saturated heterocycles. The van der Waals surface area contributed by atoms with E-state index in [-0.39, 0.29) is 5.91 Å². The van der Waals surface area contributed by atoms with Gasteiger partial charge in [-0.2, -0.15) is 0 Å². The molecule has 0 radical (unpaired) electrons. The molecular weight excluding hydrogens is 290 g/mol. The summed E-state index contributed by atoms with van der Waals surface area (Å²) in [5.41, 5.74) is 0.492. The number of hydrogen-bond donors (Lipinski definition) is 3. The average molecular weight is 311 g/mol. The Bertz CT molecular complexity index is 508. The Balaban J connectivity index is 2.68. The van der Waals surface area contributed by atoms with E-state index in [0.29, 0.717) is 36.0 Å². The second-order valence-electron chi connectivity index (χ2n) is 4.28. The highest BCUT2D eigenvalue weighted by molar-refractivity contribution is 5.90. The summed E-state index contributed by atoms with van der Waals surface area (Å²) in [4.78, 5) is 22.5. The van der Waals surface area contributed by atoms with Crippen molar-refractivity contribution in [2.45, 2.75) is 6.92 Å². The molecule has 0 aliphatic carbocycles. The number of anilines is 1. The van der Waals surface area contributed by atoms with Gasteiger partial charge in [0.05, 0.1) is 27.0 Å². The Hall–Kier alpha value is -2.64. The second kappa shape index (κ2) is 8.60. The number of urea groups is 1. The normalized spacial score (nSPS) is 9.64. The molecule has 8 nitrogen and oxygen atoms in total. The first-order chi connectivity index (χ1) is 10.5. The lowest BCUT2D eigenvalue weighted by atomic mass is 10.2. The van der Waals surface area contributed by atoms with E-state index in [1.165, 1.54) is 28.3 Å². The minimum Gasteiger partial charge on any atom is -0.493 e. The third-order valence-electron chi connectivity index (χ3n) is 2.71. The lowest BCUT2D eigenvalue weighted by molar-refractivity contribution is -0.118. The van der Waals surface area contributed by atoms with E-state index in [1.54, 1.807) is 12.1 Å². The molecule has 0 unspecified atom stereocenters. The number of benzene rings is 1. The maximum absolute atomic E-state index is 11.8. The molecule has 0 spiro atoms. The van der Waals surface area contributed by atoms with Crippen molar-refractivity contribution in [3.05, 3.63) is 12.1 Å². The van der Waals surface area contributed by atoms with Gasteiger partial charge in [0.25, 0.3) is 0 Å².